The van der Waals surface area contributed by atoms with E-state index in [-0.39, 0.29) is 11.8 Å². The maximum absolute atomic E-state index is 11.5. The first-order chi connectivity index (χ1) is 7.00. The Labute approximate surface area is 98.3 Å². The molecule has 0 N–H and O–H groups in total. The minimum absolute atomic E-state index is 0.00287. The summed E-state index contributed by atoms with van der Waals surface area (Å²) in [6.07, 6.45) is 0.681. The summed E-state index contributed by atoms with van der Waals surface area (Å²) in [6, 6.07) is 7.81. The smallest absolute Gasteiger partial charge is 0.212 e. The summed E-state index contributed by atoms with van der Waals surface area (Å²) < 4.78 is 25.5. The summed E-state index contributed by atoms with van der Waals surface area (Å²) in [6.45, 7) is 0. The highest BCUT2D eigenvalue weighted by Crippen LogP contribution is 2.32. The highest BCUT2D eigenvalue weighted by molar-refractivity contribution is 9.10. The average molecular weight is 290 g/mol. The minimum atomic E-state index is -3.01. The summed E-state index contributed by atoms with van der Waals surface area (Å²) in [5, 5.41) is 0. The van der Waals surface area contributed by atoms with E-state index >= 15 is 0 Å². The Morgan fingerprint density at radius 2 is 1.93 bits per heavy atom. The Morgan fingerprint density at radius 1 is 1.33 bits per heavy atom. The van der Waals surface area contributed by atoms with Gasteiger partial charge in [-0.1, -0.05) is 28.1 Å². The van der Waals surface area contributed by atoms with Gasteiger partial charge >= 0.3 is 0 Å². The van der Waals surface area contributed by atoms with Crippen LogP contribution >= 0.6 is 15.9 Å². The van der Waals surface area contributed by atoms with Crippen molar-refractivity contribution in [1.29, 1.82) is 0 Å². The summed E-state index contributed by atoms with van der Waals surface area (Å²) >= 11 is 3.36. The summed E-state index contributed by atoms with van der Waals surface area (Å²) in [5.74, 6) is 0.254. The molecular formula is C10H12BrNO2S. The van der Waals surface area contributed by atoms with Crippen molar-refractivity contribution < 1.29 is 8.42 Å². The third-order valence-electron chi connectivity index (χ3n) is 2.78. The van der Waals surface area contributed by atoms with E-state index in [4.69, 9.17) is 0 Å². The number of halogens is 1. The molecule has 1 heterocycles. The lowest BCUT2D eigenvalue weighted by atomic mass is 10.1. The Morgan fingerprint density at radius 3 is 2.40 bits per heavy atom. The first kappa shape index (κ1) is 11.1. The molecule has 82 valence electrons. The zero-order valence-corrected chi connectivity index (χ0v) is 10.8. The lowest BCUT2D eigenvalue weighted by Crippen LogP contribution is -2.23. The predicted molar refractivity (Wildman–Crippen MR) is 63.0 cm³/mol. The summed E-state index contributed by atoms with van der Waals surface area (Å²) in [7, 11) is -1.36. The third-order valence-corrected chi connectivity index (χ3v) is 5.19. The summed E-state index contributed by atoms with van der Waals surface area (Å²) in [5.41, 5.74) is 1.06. The van der Waals surface area contributed by atoms with Gasteiger partial charge in [-0.25, -0.2) is 8.42 Å². The van der Waals surface area contributed by atoms with Crippen molar-refractivity contribution in [3.05, 3.63) is 34.3 Å². The lowest BCUT2D eigenvalue weighted by molar-refractivity contribution is 0.407. The van der Waals surface area contributed by atoms with Crippen LogP contribution in [0.4, 0.5) is 0 Å². The van der Waals surface area contributed by atoms with E-state index in [0.29, 0.717) is 6.42 Å². The lowest BCUT2D eigenvalue weighted by Gasteiger charge is -2.18. The molecule has 1 aromatic rings. The van der Waals surface area contributed by atoms with Crippen LogP contribution in [0.3, 0.4) is 0 Å². The van der Waals surface area contributed by atoms with Gasteiger partial charge in [0, 0.05) is 11.5 Å². The Hall–Kier alpha value is -0.390. The van der Waals surface area contributed by atoms with Crippen molar-refractivity contribution in [2.45, 2.75) is 12.5 Å². The second-order valence-corrected chi connectivity index (χ2v) is 6.75. The fourth-order valence-corrected chi connectivity index (χ4v) is 3.53. The molecule has 0 spiro atoms. The van der Waals surface area contributed by atoms with Crippen molar-refractivity contribution in [2.75, 3.05) is 12.8 Å². The van der Waals surface area contributed by atoms with Crippen LogP contribution in [-0.2, 0) is 10.0 Å². The second kappa shape index (κ2) is 3.88. The number of nitrogens with zero attached hydrogens (tertiary/aromatic N) is 1. The molecule has 0 bridgehead atoms. The normalized spacial score (nSPS) is 25.6. The van der Waals surface area contributed by atoms with Crippen molar-refractivity contribution >= 4 is 26.0 Å². The van der Waals surface area contributed by atoms with Crippen LogP contribution in [0.1, 0.15) is 18.0 Å². The molecule has 0 amide bonds. The molecule has 1 unspecified atom stereocenters. The molecule has 15 heavy (non-hydrogen) atoms. The van der Waals surface area contributed by atoms with E-state index in [1.54, 1.807) is 7.05 Å². The highest BCUT2D eigenvalue weighted by atomic mass is 79.9. The topological polar surface area (TPSA) is 37.4 Å². The maximum atomic E-state index is 11.5. The Balaban J connectivity index is 2.30. The molecule has 1 aromatic carbocycles. The van der Waals surface area contributed by atoms with Crippen LogP contribution in [-0.4, -0.2) is 25.5 Å². The molecule has 3 nitrogen and oxygen atoms in total. The molecule has 0 saturated carbocycles. The second-order valence-electron chi connectivity index (χ2n) is 3.69. The molecule has 1 atom stereocenters. The molecule has 0 radical (unpaired) electrons. The summed E-state index contributed by atoms with van der Waals surface area (Å²) in [4.78, 5) is 0. The third kappa shape index (κ3) is 2.09. The highest BCUT2D eigenvalue weighted by Gasteiger charge is 2.34. The Kier molecular flexibility index (Phi) is 2.87. The number of rotatable bonds is 1. The quantitative estimate of drug-likeness (QED) is 0.795. The van der Waals surface area contributed by atoms with Crippen LogP contribution in [0.5, 0.6) is 0 Å². The van der Waals surface area contributed by atoms with Crippen LogP contribution < -0.4 is 0 Å². The molecule has 1 saturated heterocycles. The first-order valence-electron chi connectivity index (χ1n) is 4.72. The molecule has 0 aliphatic carbocycles. The maximum Gasteiger partial charge on any atom is 0.214 e. The standard InChI is InChI=1S/C10H12BrNO2S/c1-12-10(6-7-15(12,13)14)8-2-4-9(11)5-3-8/h2-5,10H,6-7H2,1H3. The fraction of sp³-hybridized carbons (Fsp3) is 0.400. The van der Waals surface area contributed by atoms with Crippen LogP contribution in [0.2, 0.25) is 0 Å². The van der Waals surface area contributed by atoms with Gasteiger partial charge in [0.15, 0.2) is 0 Å². The van der Waals surface area contributed by atoms with E-state index in [9.17, 15) is 8.42 Å². The van der Waals surface area contributed by atoms with E-state index < -0.39 is 10.0 Å². The number of sulfonamides is 1. The van der Waals surface area contributed by atoms with Gasteiger partial charge in [0.05, 0.1) is 11.8 Å². The average Bonchev–Trinajstić information content (AvgIpc) is 2.45. The molecule has 5 heteroatoms. The van der Waals surface area contributed by atoms with Crippen LogP contribution in [0, 0.1) is 0 Å². The van der Waals surface area contributed by atoms with Gasteiger partial charge in [-0.2, -0.15) is 4.31 Å². The van der Waals surface area contributed by atoms with Gasteiger partial charge < -0.3 is 0 Å². The van der Waals surface area contributed by atoms with E-state index in [1.807, 2.05) is 24.3 Å². The van der Waals surface area contributed by atoms with Gasteiger partial charge in [0.1, 0.15) is 0 Å². The zero-order valence-electron chi connectivity index (χ0n) is 8.35. The van der Waals surface area contributed by atoms with Crippen LogP contribution in [0.25, 0.3) is 0 Å². The Bertz CT molecular complexity index is 455. The minimum Gasteiger partial charge on any atom is -0.212 e. The zero-order chi connectivity index (χ0) is 11.1. The van der Waals surface area contributed by atoms with Crippen molar-refractivity contribution in [2.24, 2.45) is 0 Å². The van der Waals surface area contributed by atoms with E-state index in [0.717, 1.165) is 10.0 Å². The van der Waals surface area contributed by atoms with Crippen molar-refractivity contribution in [3.8, 4) is 0 Å². The van der Waals surface area contributed by atoms with E-state index in [1.165, 1.54) is 4.31 Å². The molecular weight excluding hydrogens is 278 g/mol. The predicted octanol–water partition coefficient (Wildman–Crippen LogP) is 2.16. The number of benzene rings is 1. The van der Waals surface area contributed by atoms with E-state index in [2.05, 4.69) is 15.9 Å². The number of hydrogen-bond donors (Lipinski definition) is 0. The van der Waals surface area contributed by atoms with Gasteiger partial charge in [0.2, 0.25) is 10.0 Å². The van der Waals surface area contributed by atoms with Gasteiger partial charge in [-0.05, 0) is 24.1 Å². The molecule has 1 aliphatic heterocycles. The van der Waals surface area contributed by atoms with Gasteiger partial charge in [-0.3, -0.25) is 0 Å². The number of hydrogen-bond acceptors (Lipinski definition) is 2. The SMILES string of the molecule is CN1C(c2ccc(Br)cc2)CCS1(=O)=O. The monoisotopic (exact) mass is 289 g/mol. The molecule has 1 fully saturated rings. The van der Waals surface area contributed by atoms with Crippen molar-refractivity contribution in [1.82, 2.24) is 4.31 Å². The van der Waals surface area contributed by atoms with Gasteiger partial charge in [-0.15, -0.1) is 0 Å². The molecule has 2 rings (SSSR count). The van der Waals surface area contributed by atoms with Gasteiger partial charge in [0.25, 0.3) is 0 Å². The largest absolute Gasteiger partial charge is 0.214 e. The van der Waals surface area contributed by atoms with Crippen molar-refractivity contribution in [3.63, 3.8) is 0 Å². The fourth-order valence-electron chi connectivity index (χ4n) is 1.84. The molecule has 1 aliphatic rings. The molecule has 0 aromatic heterocycles. The first-order valence-corrected chi connectivity index (χ1v) is 7.12. The van der Waals surface area contributed by atoms with Crippen LogP contribution in [0.15, 0.2) is 28.7 Å².